The third-order valence-corrected chi connectivity index (χ3v) is 1.31. The van der Waals surface area contributed by atoms with E-state index in [1.54, 1.807) is 20.3 Å². The predicted molar refractivity (Wildman–Crippen MR) is 37.5 cm³/mol. The SMILES string of the molecule is CNc1cnn(C)c1C#N. The van der Waals surface area contributed by atoms with Crippen LogP contribution in [0.15, 0.2) is 6.20 Å². The maximum atomic E-state index is 8.57. The van der Waals surface area contributed by atoms with Crippen LogP contribution in [0, 0.1) is 11.3 Å². The minimum absolute atomic E-state index is 0.558. The van der Waals surface area contributed by atoms with Crippen LogP contribution in [0.2, 0.25) is 0 Å². The quantitative estimate of drug-likeness (QED) is 0.605. The second-order valence-electron chi connectivity index (χ2n) is 1.89. The number of nitriles is 1. The standard InChI is InChI=1S/C6H8N4/c1-8-5-4-9-10(2)6(5)3-7/h4,8H,1-2H3. The van der Waals surface area contributed by atoms with E-state index in [2.05, 4.69) is 10.4 Å². The lowest BCUT2D eigenvalue weighted by Crippen LogP contribution is -1.95. The normalized spacial score (nSPS) is 8.90. The highest BCUT2D eigenvalue weighted by molar-refractivity contribution is 5.52. The number of anilines is 1. The molecule has 1 aromatic rings. The van der Waals surface area contributed by atoms with E-state index in [4.69, 9.17) is 5.26 Å². The van der Waals surface area contributed by atoms with Gasteiger partial charge in [0.15, 0.2) is 5.69 Å². The smallest absolute Gasteiger partial charge is 0.161 e. The first kappa shape index (κ1) is 6.62. The molecule has 1 N–H and O–H groups in total. The Hall–Kier alpha value is -1.50. The van der Waals surface area contributed by atoms with Gasteiger partial charge in [0.05, 0.1) is 11.9 Å². The molecular weight excluding hydrogens is 128 g/mol. The summed E-state index contributed by atoms with van der Waals surface area (Å²) in [6.45, 7) is 0. The maximum Gasteiger partial charge on any atom is 0.161 e. The minimum Gasteiger partial charge on any atom is -0.384 e. The van der Waals surface area contributed by atoms with Crippen molar-refractivity contribution in [2.24, 2.45) is 7.05 Å². The van der Waals surface area contributed by atoms with E-state index in [1.165, 1.54) is 4.68 Å². The summed E-state index contributed by atoms with van der Waals surface area (Å²) in [7, 11) is 3.50. The summed E-state index contributed by atoms with van der Waals surface area (Å²) in [4.78, 5) is 0. The average Bonchev–Trinajstić information content (AvgIpc) is 2.30. The van der Waals surface area contributed by atoms with Gasteiger partial charge in [-0.2, -0.15) is 10.4 Å². The van der Waals surface area contributed by atoms with Gasteiger partial charge in [-0.25, -0.2) is 0 Å². The molecule has 4 heteroatoms. The van der Waals surface area contributed by atoms with Crippen LogP contribution in [0.25, 0.3) is 0 Å². The molecular formula is C6H8N4. The number of rotatable bonds is 1. The summed E-state index contributed by atoms with van der Waals surface area (Å²) in [6.07, 6.45) is 1.62. The number of nitrogens with zero attached hydrogens (tertiary/aromatic N) is 3. The van der Waals surface area contributed by atoms with Gasteiger partial charge in [0, 0.05) is 14.1 Å². The molecule has 0 unspecified atom stereocenters. The zero-order valence-corrected chi connectivity index (χ0v) is 5.92. The van der Waals surface area contributed by atoms with Gasteiger partial charge in [0.25, 0.3) is 0 Å². The minimum atomic E-state index is 0.558. The van der Waals surface area contributed by atoms with Gasteiger partial charge < -0.3 is 5.32 Å². The van der Waals surface area contributed by atoms with Gasteiger partial charge in [-0.15, -0.1) is 0 Å². The van der Waals surface area contributed by atoms with Crippen molar-refractivity contribution in [3.63, 3.8) is 0 Å². The van der Waals surface area contributed by atoms with Crippen LogP contribution in [0.5, 0.6) is 0 Å². The molecule has 1 heterocycles. The Kier molecular flexibility index (Phi) is 1.59. The fraction of sp³-hybridized carbons (Fsp3) is 0.333. The molecule has 0 aromatic carbocycles. The van der Waals surface area contributed by atoms with Crippen molar-refractivity contribution >= 4 is 5.69 Å². The lowest BCUT2D eigenvalue weighted by atomic mass is 10.4. The zero-order valence-electron chi connectivity index (χ0n) is 5.92. The summed E-state index contributed by atoms with van der Waals surface area (Å²) >= 11 is 0. The summed E-state index contributed by atoms with van der Waals surface area (Å²) < 4.78 is 1.53. The Labute approximate surface area is 59.1 Å². The van der Waals surface area contributed by atoms with Crippen LogP contribution in [0.1, 0.15) is 5.69 Å². The Morgan fingerprint density at radius 1 is 1.80 bits per heavy atom. The van der Waals surface area contributed by atoms with Gasteiger partial charge in [0.2, 0.25) is 0 Å². The topological polar surface area (TPSA) is 53.6 Å². The van der Waals surface area contributed by atoms with Crippen molar-refractivity contribution in [3.05, 3.63) is 11.9 Å². The van der Waals surface area contributed by atoms with E-state index in [9.17, 15) is 0 Å². The maximum absolute atomic E-state index is 8.57. The Morgan fingerprint density at radius 3 is 2.90 bits per heavy atom. The van der Waals surface area contributed by atoms with Crippen LogP contribution >= 0.6 is 0 Å². The number of aryl methyl sites for hydroxylation is 1. The van der Waals surface area contributed by atoms with Crippen molar-refractivity contribution in [1.29, 1.82) is 5.26 Å². The third kappa shape index (κ3) is 0.818. The zero-order chi connectivity index (χ0) is 7.56. The second-order valence-corrected chi connectivity index (χ2v) is 1.89. The van der Waals surface area contributed by atoms with E-state index < -0.39 is 0 Å². The van der Waals surface area contributed by atoms with E-state index >= 15 is 0 Å². The van der Waals surface area contributed by atoms with Crippen molar-refractivity contribution in [1.82, 2.24) is 9.78 Å². The van der Waals surface area contributed by atoms with Crippen LogP contribution in [-0.4, -0.2) is 16.8 Å². The molecule has 4 nitrogen and oxygen atoms in total. The molecule has 52 valence electrons. The molecule has 0 saturated heterocycles. The van der Waals surface area contributed by atoms with Crippen LogP contribution in [0.3, 0.4) is 0 Å². The van der Waals surface area contributed by atoms with E-state index in [0.29, 0.717) is 5.69 Å². The number of hydrogen-bond acceptors (Lipinski definition) is 3. The first-order chi connectivity index (χ1) is 4.79. The number of nitrogens with one attached hydrogen (secondary N) is 1. The van der Waals surface area contributed by atoms with Crippen molar-refractivity contribution in [2.75, 3.05) is 12.4 Å². The van der Waals surface area contributed by atoms with Gasteiger partial charge in [-0.3, -0.25) is 4.68 Å². The van der Waals surface area contributed by atoms with E-state index in [0.717, 1.165) is 5.69 Å². The lowest BCUT2D eigenvalue weighted by Gasteiger charge is -1.93. The number of aromatic nitrogens is 2. The Bertz CT molecular complexity index is 268. The van der Waals surface area contributed by atoms with Gasteiger partial charge in [-0.05, 0) is 0 Å². The van der Waals surface area contributed by atoms with E-state index in [1.807, 2.05) is 6.07 Å². The highest BCUT2D eigenvalue weighted by Crippen LogP contribution is 2.10. The summed E-state index contributed by atoms with van der Waals surface area (Å²) in [6, 6.07) is 2.03. The summed E-state index contributed by atoms with van der Waals surface area (Å²) in [5.41, 5.74) is 1.33. The van der Waals surface area contributed by atoms with Crippen LogP contribution in [0.4, 0.5) is 5.69 Å². The second kappa shape index (κ2) is 2.40. The first-order valence-corrected chi connectivity index (χ1v) is 2.89. The number of hydrogen-bond donors (Lipinski definition) is 1. The monoisotopic (exact) mass is 136 g/mol. The Morgan fingerprint density at radius 2 is 2.50 bits per heavy atom. The average molecular weight is 136 g/mol. The highest BCUT2D eigenvalue weighted by Gasteiger charge is 2.03. The molecule has 10 heavy (non-hydrogen) atoms. The molecule has 0 aliphatic rings. The molecule has 0 saturated carbocycles. The Balaban J connectivity index is 3.17. The lowest BCUT2D eigenvalue weighted by molar-refractivity contribution is 0.756. The highest BCUT2D eigenvalue weighted by atomic mass is 15.3. The predicted octanol–water partition coefficient (Wildman–Crippen LogP) is 0.333. The first-order valence-electron chi connectivity index (χ1n) is 2.89. The van der Waals surface area contributed by atoms with Gasteiger partial charge in [0.1, 0.15) is 6.07 Å². The van der Waals surface area contributed by atoms with Crippen LogP contribution < -0.4 is 5.32 Å². The third-order valence-electron chi connectivity index (χ3n) is 1.31. The van der Waals surface area contributed by atoms with E-state index in [-0.39, 0.29) is 0 Å². The molecule has 0 spiro atoms. The molecule has 0 aliphatic carbocycles. The van der Waals surface area contributed by atoms with Gasteiger partial charge in [-0.1, -0.05) is 0 Å². The summed E-state index contributed by atoms with van der Waals surface area (Å²) in [5, 5.41) is 15.3. The fourth-order valence-electron chi connectivity index (χ4n) is 0.753. The van der Waals surface area contributed by atoms with Crippen LogP contribution in [-0.2, 0) is 7.05 Å². The summed E-state index contributed by atoms with van der Waals surface area (Å²) in [5.74, 6) is 0. The molecule has 0 fully saturated rings. The molecule has 1 aromatic heterocycles. The fourth-order valence-corrected chi connectivity index (χ4v) is 0.753. The molecule has 0 bridgehead atoms. The molecule has 1 rings (SSSR count). The van der Waals surface area contributed by atoms with Crippen molar-refractivity contribution < 1.29 is 0 Å². The largest absolute Gasteiger partial charge is 0.384 e. The van der Waals surface area contributed by atoms with Gasteiger partial charge >= 0.3 is 0 Å². The van der Waals surface area contributed by atoms with Crippen molar-refractivity contribution in [2.45, 2.75) is 0 Å². The molecule has 0 radical (unpaired) electrons. The molecule has 0 aliphatic heterocycles. The van der Waals surface area contributed by atoms with Crippen molar-refractivity contribution in [3.8, 4) is 6.07 Å². The molecule has 0 atom stereocenters. The molecule has 0 amide bonds.